The Balaban J connectivity index is 1.29. The average molecular weight is 470 g/mol. The highest BCUT2D eigenvalue weighted by Gasteiger charge is 2.27. The number of nitrogens with zero attached hydrogens (tertiary/aromatic N) is 3. The van der Waals surface area contributed by atoms with Crippen LogP contribution in [0.2, 0.25) is 0 Å². The van der Waals surface area contributed by atoms with E-state index in [9.17, 15) is 23.3 Å². The van der Waals surface area contributed by atoms with Crippen LogP contribution in [0, 0.1) is 10.1 Å². The highest BCUT2D eigenvalue weighted by molar-refractivity contribution is 7.86. The lowest BCUT2D eigenvalue weighted by Crippen LogP contribution is -2.48. The fourth-order valence-corrected chi connectivity index (χ4v) is 4.76. The number of amides is 1. The van der Waals surface area contributed by atoms with Crippen molar-refractivity contribution >= 4 is 32.7 Å². The third kappa shape index (κ3) is 5.85. The summed E-state index contributed by atoms with van der Waals surface area (Å²) in [6.45, 7) is 2.32. The molecule has 33 heavy (non-hydrogen) atoms. The summed E-state index contributed by atoms with van der Waals surface area (Å²) >= 11 is 0. The molecule has 1 amide bonds. The lowest BCUT2D eigenvalue weighted by atomic mass is 10.1. The molecule has 0 atom stereocenters. The quantitative estimate of drug-likeness (QED) is 0.308. The topological polar surface area (TPSA) is 110 Å². The van der Waals surface area contributed by atoms with Gasteiger partial charge in [0.05, 0.1) is 4.92 Å². The van der Waals surface area contributed by atoms with Gasteiger partial charge in [-0.2, -0.15) is 8.42 Å². The summed E-state index contributed by atoms with van der Waals surface area (Å²) in [4.78, 5) is 26.2. The van der Waals surface area contributed by atoms with E-state index < -0.39 is 21.1 Å². The predicted octanol–water partition coefficient (Wildman–Crippen LogP) is 3.53. The van der Waals surface area contributed by atoms with Crippen molar-refractivity contribution in [1.82, 2.24) is 9.80 Å². The molecule has 1 aliphatic rings. The van der Waals surface area contributed by atoms with Crippen LogP contribution in [0.5, 0.6) is 0 Å². The summed E-state index contributed by atoms with van der Waals surface area (Å²) in [5, 5.41) is 12.7. The largest absolute Gasteiger partial charge is 0.425 e. The van der Waals surface area contributed by atoms with E-state index >= 15 is 0 Å². The van der Waals surface area contributed by atoms with Gasteiger partial charge in [-0.05, 0) is 21.9 Å². The molecule has 10 heteroatoms. The van der Waals surface area contributed by atoms with Gasteiger partial charge < -0.3 is 9.08 Å². The van der Waals surface area contributed by atoms with Crippen LogP contribution >= 0.6 is 0 Å². The van der Waals surface area contributed by atoms with Crippen LogP contribution in [0.4, 0.5) is 10.5 Å². The molecule has 1 aliphatic heterocycles. The Morgan fingerprint density at radius 2 is 1.55 bits per heavy atom. The molecule has 0 aliphatic carbocycles. The molecule has 1 fully saturated rings. The molecule has 3 aromatic rings. The van der Waals surface area contributed by atoms with E-state index in [1.54, 1.807) is 24.3 Å². The Bertz CT molecular complexity index is 1270. The fourth-order valence-electron chi connectivity index (χ4n) is 3.79. The van der Waals surface area contributed by atoms with Crippen LogP contribution < -0.4 is 0 Å². The normalized spacial score (nSPS) is 14.8. The van der Waals surface area contributed by atoms with E-state index in [-0.39, 0.29) is 11.4 Å². The van der Waals surface area contributed by atoms with Gasteiger partial charge in [0.2, 0.25) is 0 Å². The summed E-state index contributed by atoms with van der Waals surface area (Å²) in [7, 11) is -4.08. The second kappa shape index (κ2) is 9.55. The van der Waals surface area contributed by atoms with Crippen LogP contribution in [0.1, 0.15) is 11.1 Å². The van der Waals surface area contributed by atoms with Gasteiger partial charge >= 0.3 is 16.2 Å². The van der Waals surface area contributed by atoms with Crippen molar-refractivity contribution in [1.29, 1.82) is 0 Å². The molecule has 172 valence electrons. The number of benzene rings is 3. The van der Waals surface area contributed by atoms with Crippen LogP contribution in [-0.2, 0) is 26.6 Å². The van der Waals surface area contributed by atoms with E-state index in [0.717, 1.165) is 16.3 Å². The minimum absolute atomic E-state index is 0.0382. The SMILES string of the molecule is O=C(OS(=O)(=O)Cc1ccc2ccccc2c1)N1CCN(Cc2ccc([N+](=O)[O-])cc2)CC1. The standard InChI is InChI=1S/C23H23N3O6S/c27-23(32-33(30,31)17-19-5-8-20-3-1-2-4-21(20)15-19)25-13-11-24(12-14-25)16-18-6-9-22(10-7-18)26(28)29/h1-10,15H,11-14,16-17H2. The van der Waals surface area contributed by atoms with Crippen molar-refractivity contribution in [2.75, 3.05) is 26.2 Å². The molecule has 0 N–H and O–H groups in total. The number of nitro groups is 1. The zero-order valence-electron chi connectivity index (χ0n) is 17.8. The van der Waals surface area contributed by atoms with Crippen molar-refractivity contribution in [3.05, 3.63) is 88.0 Å². The minimum atomic E-state index is -4.08. The van der Waals surface area contributed by atoms with Crippen molar-refractivity contribution in [2.45, 2.75) is 12.3 Å². The predicted molar refractivity (Wildman–Crippen MR) is 123 cm³/mol. The van der Waals surface area contributed by atoms with E-state index in [1.807, 2.05) is 30.3 Å². The zero-order chi connectivity index (χ0) is 23.4. The maximum atomic E-state index is 12.4. The number of carbonyl (C=O) groups excluding carboxylic acids is 1. The first-order chi connectivity index (χ1) is 15.8. The summed E-state index contributed by atoms with van der Waals surface area (Å²) in [6, 6.07) is 19.3. The summed E-state index contributed by atoms with van der Waals surface area (Å²) in [5.41, 5.74) is 1.51. The molecule has 0 spiro atoms. The smallest absolute Gasteiger partial charge is 0.327 e. The molecule has 3 aromatic carbocycles. The average Bonchev–Trinajstić information content (AvgIpc) is 2.79. The summed E-state index contributed by atoms with van der Waals surface area (Å²) in [5.74, 6) is -0.385. The molecular weight excluding hydrogens is 446 g/mol. The third-order valence-corrected chi connectivity index (χ3v) is 6.62. The first-order valence-corrected chi connectivity index (χ1v) is 12.0. The van der Waals surface area contributed by atoms with Crippen LogP contribution in [0.15, 0.2) is 66.7 Å². The number of nitro benzene ring substituents is 1. The van der Waals surface area contributed by atoms with Gasteiger partial charge in [-0.15, -0.1) is 0 Å². The number of rotatable bonds is 6. The maximum absolute atomic E-state index is 12.4. The number of hydrogen-bond donors (Lipinski definition) is 0. The van der Waals surface area contributed by atoms with Crippen molar-refractivity contribution in [3.63, 3.8) is 0 Å². The van der Waals surface area contributed by atoms with Crippen LogP contribution in [-0.4, -0.2) is 55.4 Å². The molecule has 4 rings (SSSR count). The first-order valence-electron chi connectivity index (χ1n) is 10.4. The Morgan fingerprint density at radius 3 is 2.21 bits per heavy atom. The number of piperazine rings is 1. The third-order valence-electron chi connectivity index (χ3n) is 5.54. The molecule has 1 saturated heterocycles. The Morgan fingerprint density at radius 1 is 0.909 bits per heavy atom. The lowest BCUT2D eigenvalue weighted by Gasteiger charge is -2.33. The Kier molecular flexibility index (Phi) is 6.57. The van der Waals surface area contributed by atoms with E-state index in [2.05, 4.69) is 4.90 Å². The molecule has 0 aromatic heterocycles. The van der Waals surface area contributed by atoms with Crippen LogP contribution in [0.3, 0.4) is 0 Å². The van der Waals surface area contributed by atoms with Crippen molar-refractivity contribution < 1.29 is 22.3 Å². The van der Waals surface area contributed by atoms with Crippen molar-refractivity contribution in [2.24, 2.45) is 0 Å². The van der Waals surface area contributed by atoms with E-state index in [4.69, 9.17) is 4.18 Å². The van der Waals surface area contributed by atoms with E-state index in [0.29, 0.717) is 38.3 Å². The van der Waals surface area contributed by atoms with Gasteiger partial charge in [-0.25, -0.2) is 4.79 Å². The fraction of sp³-hybridized carbons (Fsp3) is 0.261. The second-order valence-corrected chi connectivity index (χ2v) is 9.49. The first kappa shape index (κ1) is 22.7. The molecule has 9 nitrogen and oxygen atoms in total. The number of fused-ring (bicyclic) bond motifs is 1. The van der Waals surface area contributed by atoms with E-state index in [1.165, 1.54) is 17.0 Å². The number of carbonyl (C=O) groups is 1. The Hall–Kier alpha value is -3.50. The monoisotopic (exact) mass is 469 g/mol. The van der Waals surface area contributed by atoms with Gasteiger partial charge in [-0.1, -0.05) is 54.6 Å². The molecule has 0 unspecified atom stereocenters. The van der Waals surface area contributed by atoms with Crippen LogP contribution in [0.25, 0.3) is 10.8 Å². The summed E-state index contributed by atoms with van der Waals surface area (Å²) in [6.07, 6.45) is -0.870. The van der Waals surface area contributed by atoms with Gasteiger partial charge in [-0.3, -0.25) is 15.0 Å². The summed E-state index contributed by atoms with van der Waals surface area (Å²) < 4.78 is 29.7. The minimum Gasteiger partial charge on any atom is -0.327 e. The van der Waals surface area contributed by atoms with Crippen molar-refractivity contribution in [3.8, 4) is 0 Å². The van der Waals surface area contributed by atoms with Gasteiger partial charge in [0.25, 0.3) is 5.69 Å². The lowest BCUT2D eigenvalue weighted by molar-refractivity contribution is -0.384. The second-order valence-electron chi connectivity index (χ2n) is 7.92. The molecule has 0 bridgehead atoms. The van der Waals surface area contributed by atoms with Gasteiger partial charge in [0.1, 0.15) is 5.75 Å². The molecular formula is C23H23N3O6S. The highest BCUT2D eigenvalue weighted by Crippen LogP contribution is 2.19. The zero-order valence-corrected chi connectivity index (χ0v) is 18.6. The highest BCUT2D eigenvalue weighted by atomic mass is 32.2. The maximum Gasteiger partial charge on any atom is 0.425 e. The van der Waals surface area contributed by atoms with Gasteiger partial charge in [0, 0.05) is 44.9 Å². The molecule has 0 radical (unpaired) electrons. The molecule has 0 saturated carbocycles. The molecule has 1 heterocycles. The Labute approximate surface area is 191 Å². The number of non-ortho nitro benzene ring substituents is 1. The van der Waals surface area contributed by atoms with Gasteiger partial charge in [0.15, 0.2) is 0 Å². The number of hydrogen-bond acceptors (Lipinski definition) is 7.